The van der Waals surface area contributed by atoms with Crippen LogP contribution in [0.5, 0.6) is 0 Å². The van der Waals surface area contributed by atoms with Gasteiger partial charge in [0.25, 0.3) is 0 Å². The van der Waals surface area contributed by atoms with E-state index in [4.69, 9.17) is 0 Å². The lowest BCUT2D eigenvalue weighted by atomic mass is 9.99. The molecule has 1 aliphatic heterocycles. The first-order valence-electron chi connectivity index (χ1n) is 7.82. The van der Waals surface area contributed by atoms with Gasteiger partial charge in [0.2, 0.25) is 11.8 Å². The van der Waals surface area contributed by atoms with E-state index in [1.807, 2.05) is 44.2 Å². The minimum absolute atomic E-state index is 0.00849. The zero-order chi connectivity index (χ0) is 15.2. The van der Waals surface area contributed by atoms with E-state index in [0.717, 1.165) is 18.4 Å². The number of carbonyl (C=O) groups excluding carboxylic acids is 2. The number of amides is 2. The summed E-state index contributed by atoms with van der Waals surface area (Å²) in [6.45, 7) is 4.58. The average molecular weight is 288 g/mol. The van der Waals surface area contributed by atoms with E-state index < -0.39 is 0 Å². The molecule has 2 atom stereocenters. The largest absolute Gasteiger partial charge is 0.343 e. The van der Waals surface area contributed by atoms with Crippen LogP contribution in [0.25, 0.3) is 0 Å². The molecule has 2 rings (SSSR count). The number of carbonyl (C=O) groups is 2. The predicted molar refractivity (Wildman–Crippen MR) is 82.5 cm³/mol. The summed E-state index contributed by atoms with van der Waals surface area (Å²) < 4.78 is 0. The van der Waals surface area contributed by atoms with Gasteiger partial charge in [-0.15, -0.1) is 0 Å². The molecule has 1 aromatic rings. The van der Waals surface area contributed by atoms with Gasteiger partial charge in [0, 0.05) is 6.54 Å². The van der Waals surface area contributed by atoms with Gasteiger partial charge in [-0.25, -0.2) is 0 Å². The van der Waals surface area contributed by atoms with Crippen LogP contribution in [0.3, 0.4) is 0 Å². The number of benzene rings is 1. The van der Waals surface area contributed by atoms with Crippen LogP contribution in [0, 0.1) is 0 Å². The maximum Gasteiger partial charge on any atom is 0.246 e. The SMILES string of the molecule is CCCC1NC(=O)C(CCC)N(Cc2ccccc2)C1=O. The van der Waals surface area contributed by atoms with Gasteiger partial charge >= 0.3 is 0 Å². The first-order chi connectivity index (χ1) is 10.2. The second kappa shape index (κ2) is 7.25. The molecule has 2 unspecified atom stereocenters. The average Bonchev–Trinajstić information content (AvgIpc) is 2.49. The van der Waals surface area contributed by atoms with Crippen molar-refractivity contribution in [2.45, 2.75) is 58.2 Å². The summed E-state index contributed by atoms with van der Waals surface area (Å²) in [4.78, 5) is 26.7. The van der Waals surface area contributed by atoms with E-state index in [0.29, 0.717) is 19.4 Å². The van der Waals surface area contributed by atoms with Crippen LogP contribution in [0.2, 0.25) is 0 Å². The van der Waals surface area contributed by atoms with Gasteiger partial charge in [-0.1, -0.05) is 57.0 Å². The Labute approximate surface area is 126 Å². The smallest absolute Gasteiger partial charge is 0.246 e. The van der Waals surface area contributed by atoms with E-state index in [1.165, 1.54) is 0 Å². The molecule has 0 radical (unpaired) electrons. The topological polar surface area (TPSA) is 49.4 Å². The molecule has 1 aromatic carbocycles. The summed E-state index contributed by atoms with van der Waals surface area (Å²) >= 11 is 0. The highest BCUT2D eigenvalue weighted by Crippen LogP contribution is 2.20. The highest BCUT2D eigenvalue weighted by atomic mass is 16.2. The fourth-order valence-electron chi connectivity index (χ4n) is 2.84. The van der Waals surface area contributed by atoms with Crippen LogP contribution >= 0.6 is 0 Å². The van der Waals surface area contributed by atoms with Crippen molar-refractivity contribution in [1.29, 1.82) is 0 Å². The molecule has 1 heterocycles. The lowest BCUT2D eigenvalue weighted by Gasteiger charge is -2.39. The monoisotopic (exact) mass is 288 g/mol. The van der Waals surface area contributed by atoms with E-state index >= 15 is 0 Å². The van der Waals surface area contributed by atoms with E-state index in [1.54, 1.807) is 4.90 Å². The van der Waals surface area contributed by atoms with Crippen LogP contribution in [0.4, 0.5) is 0 Å². The normalized spacial score (nSPS) is 22.3. The molecular weight excluding hydrogens is 264 g/mol. The molecule has 1 N–H and O–H groups in total. The summed E-state index contributed by atoms with van der Waals surface area (Å²) in [5.74, 6) is 0.0459. The molecule has 0 aromatic heterocycles. The Kier molecular flexibility index (Phi) is 5.37. The summed E-state index contributed by atoms with van der Waals surface area (Å²) in [7, 11) is 0. The second-order valence-electron chi connectivity index (χ2n) is 5.61. The van der Waals surface area contributed by atoms with Gasteiger partial charge in [-0.2, -0.15) is 0 Å². The van der Waals surface area contributed by atoms with Gasteiger partial charge in [-0.3, -0.25) is 9.59 Å². The Balaban J connectivity index is 2.21. The summed E-state index contributed by atoms with van der Waals surface area (Å²) in [6.07, 6.45) is 3.18. The molecule has 0 saturated carbocycles. The number of piperazine rings is 1. The highest BCUT2D eigenvalue weighted by Gasteiger charge is 2.39. The second-order valence-corrected chi connectivity index (χ2v) is 5.61. The minimum Gasteiger partial charge on any atom is -0.343 e. The number of rotatable bonds is 6. The first-order valence-corrected chi connectivity index (χ1v) is 7.82. The fourth-order valence-corrected chi connectivity index (χ4v) is 2.84. The van der Waals surface area contributed by atoms with E-state index in [2.05, 4.69) is 5.32 Å². The van der Waals surface area contributed by atoms with Gasteiger partial charge < -0.3 is 10.2 Å². The zero-order valence-corrected chi connectivity index (χ0v) is 12.8. The molecular formula is C17H24N2O2. The summed E-state index contributed by atoms with van der Waals surface area (Å²) in [5, 5.41) is 2.89. The number of hydrogen-bond donors (Lipinski definition) is 1. The molecule has 0 bridgehead atoms. The quantitative estimate of drug-likeness (QED) is 0.874. The van der Waals surface area contributed by atoms with Crippen LogP contribution in [-0.2, 0) is 16.1 Å². The lowest BCUT2D eigenvalue weighted by molar-refractivity contribution is -0.150. The van der Waals surface area contributed by atoms with Gasteiger partial charge in [0.05, 0.1) is 0 Å². The summed E-state index contributed by atoms with van der Waals surface area (Å²) in [6, 6.07) is 9.17. The molecule has 21 heavy (non-hydrogen) atoms. The van der Waals surface area contributed by atoms with Crippen molar-refractivity contribution in [3.05, 3.63) is 35.9 Å². The lowest BCUT2D eigenvalue weighted by Crippen LogP contribution is -2.62. The standard InChI is InChI=1S/C17H24N2O2/c1-3-8-14-17(21)19(12-13-10-6-5-7-11-13)15(9-4-2)16(20)18-14/h5-7,10-11,14-15H,3-4,8-9,12H2,1-2H3,(H,18,20). The Hall–Kier alpha value is -1.84. The van der Waals surface area contributed by atoms with Gasteiger partial charge in [-0.05, 0) is 18.4 Å². The van der Waals surface area contributed by atoms with Crippen LogP contribution < -0.4 is 5.32 Å². The molecule has 2 amide bonds. The fraction of sp³-hybridized carbons (Fsp3) is 0.529. The van der Waals surface area contributed by atoms with Crippen molar-refractivity contribution >= 4 is 11.8 Å². The van der Waals surface area contributed by atoms with E-state index in [9.17, 15) is 9.59 Å². The maximum atomic E-state index is 12.7. The zero-order valence-electron chi connectivity index (χ0n) is 12.8. The molecule has 1 aliphatic rings. The number of nitrogens with one attached hydrogen (secondary N) is 1. The Bertz CT molecular complexity index is 487. The Morgan fingerprint density at radius 1 is 1.05 bits per heavy atom. The Morgan fingerprint density at radius 3 is 2.33 bits per heavy atom. The van der Waals surface area contributed by atoms with Crippen molar-refractivity contribution in [2.24, 2.45) is 0 Å². The third-order valence-corrected chi connectivity index (χ3v) is 3.91. The van der Waals surface area contributed by atoms with Crippen molar-refractivity contribution in [2.75, 3.05) is 0 Å². The van der Waals surface area contributed by atoms with Crippen LogP contribution in [-0.4, -0.2) is 28.8 Å². The molecule has 0 aliphatic carbocycles. The third-order valence-electron chi connectivity index (χ3n) is 3.91. The highest BCUT2D eigenvalue weighted by molar-refractivity contribution is 5.96. The molecule has 1 saturated heterocycles. The number of hydrogen-bond acceptors (Lipinski definition) is 2. The third kappa shape index (κ3) is 3.63. The molecule has 1 fully saturated rings. The molecule has 4 heteroatoms. The number of nitrogens with zero attached hydrogens (tertiary/aromatic N) is 1. The van der Waals surface area contributed by atoms with Crippen molar-refractivity contribution in [3.8, 4) is 0 Å². The maximum absolute atomic E-state index is 12.7. The molecule has 114 valence electrons. The molecule has 4 nitrogen and oxygen atoms in total. The van der Waals surface area contributed by atoms with Crippen LogP contribution in [0.15, 0.2) is 30.3 Å². The Morgan fingerprint density at radius 2 is 1.71 bits per heavy atom. The van der Waals surface area contributed by atoms with Gasteiger partial charge in [0.1, 0.15) is 12.1 Å². The van der Waals surface area contributed by atoms with Gasteiger partial charge in [0.15, 0.2) is 0 Å². The first kappa shape index (κ1) is 15.5. The minimum atomic E-state index is -0.362. The summed E-state index contributed by atoms with van der Waals surface area (Å²) in [5.41, 5.74) is 1.07. The van der Waals surface area contributed by atoms with Crippen LogP contribution in [0.1, 0.15) is 45.1 Å². The van der Waals surface area contributed by atoms with Crippen molar-refractivity contribution in [1.82, 2.24) is 10.2 Å². The van der Waals surface area contributed by atoms with Crippen molar-refractivity contribution in [3.63, 3.8) is 0 Å². The predicted octanol–water partition coefficient (Wildman–Crippen LogP) is 2.48. The van der Waals surface area contributed by atoms with E-state index in [-0.39, 0.29) is 23.9 Å². The van der Waals surface area contributed by atoms with Crippen molar-refractivity contribution < 1.29 is 9.59 Å². The molecule has 0 spiro atoms.